The summed E-state index contributed by atoms with van der Waals surface area (Å²) < 4.78 is 11.2. The number of thiophene rings is 1. The Labute approximate surface area is 171 Å². The molecule has 2 aliphatic rings. The molecule has 2 aromatic rings. The van der Waals surface area contributed by atoms with Gasteiger partial charge in [0.25, 0.3) is 5.91 Å². The third-order valence-electron chi connectivity index (χ3n) is 6.40. The molecule has 0 spiro atoms. The summed E-state index contributed by atoms with van der Waals surface area (Å²) in [5, 5.41) is 3.10. The first-order valence-electron chi connectivity index (χ1n) is 10.1. The number of fused-ring (bicyclic) bond motifs is 3. The third kappa shape index (κ3) is 3.10. The van der Waals surface area contributed by atoms with Gasteiger partial charge in [-0.05, 0) is 60.3 Å². The molecule has 5 heteroatoms. The van der Waals surface area contributed by atoms with Crippen molar-refractivity contribution in [2.45, 2.75) is 53.0 Å². The van der Waals surface area contributed by atoms with E-state index in [-0.39, 0.29) is 5.91 Å². The molecule has 0 radical (unpaired) electrons. The fourth-order valence-electron chi connectivity index (χ4n) is 4.75. The zero-order chi connectivity index (χ0) is 20.1. The van der Waals surface area contributed by atoms with Crippen LogP contribution in [0.3, 0.4) is 0 Å². The number of aryl methyl sites for hydroxylation is 1. The van der Waals surface area contributed by atoms with Crippen LogP contribution in [0.2, 0.25) is 0 Å². The van der Waals surface area contributed by atoms with Crippen molar-refractivity contribution in [3.05, 3.63) is 44.6 Å². The minimum absolute atomic E-state index is 0.0295. The zero-order valence-corrected chi connectivity index (χ0v) is 18.2. The molecule has 1 saturated carbocycles. The highest BCUT2D eigenvalue weighted by Crippen LogP contribution is 2.71. The Morgan fingerprint density at radius 1 is 1.36 bits per heavy atom. The first kappa shape index (κ1) is 19.3. The van der Waals surface area contributed by atoms with E-state index in [4.69, 9.17) is 9.47 Å². The van der Waals surface area contributed by atoms with Crippen LogP contribution < -0.4 is 14.8 Å². The average molecular weight is 400 g/mol. The lowest BCUT2D eigenvalue weighted by molar-refractivity contribution is 0.0953. The Kier molecular flexibility index (Phi) is 4.90. The van der Waals surface area contributed by atoms with Gasteiger partial charge in [0.2, 0.25) is 0 Å². The molecule has 0 aliphatic heterocycles. The maximum absolute atomic E-state index is 12.9. The molecular formula is C23H29NO3S. The van der Waals surface area contributed by atoms with E-state index in [1.165, 1.54) is 16.0 Å². The number of hydrogen-bond acceptors (Lipinski definition) is 4. The van der Waals surface area contributed by atoms with Gasteiger partial charge in [0.1, 0.15) is 11.5 Å². The van der Waals surface area contributed by atoms with Gasteiger partial charge in [0, 0.05) is 23.1 Å². The largest absolute Gasteiger partial charge is 0.496 e. The van der Waals surface area contributed by atoms with E-state index in [0.717, 1.165) is 34.8 Å². The Morgan fingerprint density at radius 3 is 2.86 bits per heavy atom. The topological polar surface area (TPSA) is 47.6 Å². The molecule has 1 fully saturated rings. The minimum Gasteiger partial charge on any atom is -0.496 e. The zero-order valence-electron chi connectivity index (χ0n) is 17.3. The van der Waals surface area contributed by atoms with Gasteiger partial charge < -0.3 is 14.8 Å². The molecule has 0 saturated heterocycles. The molecule has 4 nitrogen and oxygen atoms in total. The molecule has 1 aromatic heterocycles. The van der Waals surface area contributed by atoms with Gasteiger partial charge in [0.15, 0.2) is 0 Å². The lowest BCUT2D eigenvalue weighted by atomic mass is 9.95. The molecule has 28 heavy (non-hydrogen) atoms. The number of carbonyl (C=O) groups is 1. The molecule has 1 heterocycles. The first-order chi connectivity index (χ1) is 13.4. The lowest BCUT2D eigenvalue weighted by Crippen LogP contribution is -2.23. The minimum atomic E-state index is 0.0295. The van der Waals surface area contributed by atoms with Gasteiger partial charge in [-0.2, -0.15) is 0 Å². The van der Waals surface area contributed by atoms with Crippen molar-refractivity contribution in [1.82, 2.24) is 5.32 Å². The summed E-state index contributed by atoms with van der Waals surface area (Å²) in [7, 11) is 1.65. The standard InChI is InChI=1S/C23H29NO3S/c1-6-9-27-15-8-7-14(18(10-15)26-5)12-24-22(25)21-16-11-17-20(23(17,3)4)19(16)13(2)28-21/h7-8,10,17,20H,6,9,11-12H2,1-5H3,(H,24,25)/t17-,20?/m1/s1. The Balaban J connectivity index is 1.46. The van der Waals surface area contributed by atoms with Crippen LogP contribution in [0, 0.1) is 18.3 Å². The van der Waals surface area contributed by atoms with E-state index >= 15 is 0 Å². The molecule has 150 valence electrons. The Bertz CT molecular complexity index is 915. The lowest BCUT2D eigenvalue weighted by Gasteiger charge is -2.13. The molecular weight excluding hydrogens is 370 g/mol. The van der Waals surface area contributed by atoms with Crippen molar-refractivity contribution in [3.63, 3.8) is 0 Å². The van der Waals surface area contributed by atoms with E-state index in [2.05, 4.69) is 33.0 Å². The number of methoxy groups -OCH3 is 1. The summed E-state index contributed by atoms with van der Waals surface area (Å²) in [6.45, 7) is 10.1. The van der Waals surface area contributed by atoms with Crippen molar-refractivity contribution in [2.24, 2.45) is 11.3 Å². The number of nitrogens with one attached hydrogen (secondary N) is 1. The molecule has 1 N–H and O–H groups in total. The maximum atomic E-state index is 12.9. The van der Waals surface area contributed by atoms with Crippen molar-refractivity contribution in [1.29, 1.82) is 0 Å². The Hall–Kier alpha value is -2.01. The van der Waals surface area contributed by atoms with Crippen LogP contribution in [-0.2, 0) is 13.0 Å². The van der Waals surface area contributed by atoms with Crippen LogP contribution in [-0.4, -0.2) is 19.6 Å². The van der Waals surface area contributed by atoms with E-state index < -0.39 is 0 Å². The average Bonchev–Trinajstić information content (AvgIpc) is 3.01. The van der Waals surface area contributed by atoms with Crippen molar-refractivity contribution in [2.75, 3.05) is 13.7 Å². The molecule has 0 bridgehead atoms. The summed E-state index contributed by atoms with van der Waals surface area (Å²) >= 11 is 1.65. The highest BCUT2D eigenvalue weighted by Gasteiger charge is 2.63. The number of amides is 1. The first-order valence-corrected chi connectivity index (χ1v) is 10.9. The molecule has 1 aromatic carbocycles. The van der Waals surface area contributed by atoms with Crippen molar-refractivity contribution >= 4 is 17.2 Å². The van der Waals surface area contributed by atoms with Gasteiger partial charge in [-0.1, -0.05) is 20.8 Å². The van der Waals surface area contributed by atoms with Gasteiger partial charge in [0.05, 0.1) is 18.6 Å². The monoisotopic (exact) mass is 399 g/mol. The van der Waals surface area contributed by atoms with Crippen LogP contribution in [0.1, 0.15) is 64.3 Å². The van der Waals surface area contributed by atoms with Crippen LogP contribution in [0.4, 0.5) is 0 Å². The van der Waals surface area contributed by atoms with Crippen molar-refractivity contribution < 1.29 is 14.3 Å². The molecule has 1 amide bonds. The van der Waals surface area contributed by atoms with E-state index in [1.54, 1.807) is 18.4 Å². The van der Waals surface area contributed by atoms with Gasteiger partial charge >= 0.3 is 0 Å². The summed E-state index contributed by atoms with van der Waals surface area (Å²) in [4.78, 5) is 15.1. The quantitative estimate of drug-likeness (QED) is 0.706. The number of ether oxygens (including phenoxy) is 2. The van der Waals surface area contributed by atoms with Crippen LogP contribution in [0.5, 0.6) is 11.5 Å². The Morgan fingerprint density at radius 2 is 2.14 bits per heavy atom. The summed E-state index contributed by atoms with van der Waals surface area (Å²) in [5.74, 6) is 2.93. The summed E-state index contributed by atoms with van der Waals surface area (Å²) in [6, 6.07) is 5.79. The highest BCUT2D eigenvalue weighted by atomic mass is 32.1. The summed E-state index contributed by atoms with van der Waals surface area (Å²) in [6.07, 6.45) is 2.01. The van der Waals surface area contributed by atoms with E-state index in [9.17, 15) is 4.79 Å². The smallest absolute Gasteiger partial charge is 0.261 e. The van der Waals surface area contributed by atoms with E-state index in [1.807, 2.05) is 18.2 Å². The third-order valence-corrected chi connectivity index (χ3v) is 7.56. The SMILES string of the molecule is CCCOc1ccc(CNC(=O)c2sc(C)c3c2C[C@@H]2C3C2(C)C)c(OC)c1. The maximum Gasteiger partial charge on any atom is 0.261 e. The summed E-state index contributed by atoms with van der Waals surface area (Å²) in [5.41, 5.74) is 4.11. The van der Waals surface area contributed by atoms with Crippen LogP contribution in [0.25, 0.3) is 0 Å². The highest BCUT2D eigenvalue weighted by molar-refractivity contribution is 7.14. The fraction of sp³-hybridized carbons (Fsp3) is 0.522. The van der Waals surface area contributed by atoms with Gasteiger partial charge in [-0.25, -0.2) is 0 Å². The predicted molar refractivity (Wildman–Crippen MR) is 113 cm³/mol. The van der Waals surface area contributed by atoms with E-state index in [0.29, 0.717) is 30.4 Å². The normalized spacial score (nSPS) is 21.0. The second-order valence-corrected chi connectivity index (χ2v) is 9.72. The van der Waals surface area contributed by atoms with Crippen LogP contribution >= 0.6 is 11.3 Å². The van der Waals surface area contributed by atoms with Gasteiger partial charge in [-0.15, -0.1) is 11.3 Å². The number of hydrogen-bond donors (Lipinski definition) is 1. The number of carbonyl (C=O) groups excluding carboxylic acids is 1. The molecule has 2 aliphatic carbocycles. The number of rotatable bonds is 7. The van der Waals surface area contributed by atoms with Crippen LogP contribution in [0.15, 0.2) is 18.2 Å². The second kappa shape index (κ2) is 7.11. The molecule has 1 unspecified atom stereocenters. The molecule has 4 rings (SSSR count). The molecule has 2 atom stereocenters. The fourth-order valence-corrected chi connectivity index (χ4v) is 5.90. The second-order valence-electron chi connectivity index (χ2n) is 8.49. The van der Waals surface area contributed by atoms with Crippen molar-refractivity contribution in [3.8, 4) is 11.5 Å². The van der Waals surface area contributed by atoms with Gasteiger partial charge in [-0.3, -0.25) is 4.79 Å². The number of benzene rings is 1. The predicted octanol–water partition coefficient (Wildman–Crippen LogP) is 5.08.